The van der Waals surface area contributed by atoms with Gasteiger partial charge in [0.2, 0.25) is 0 Å². The summed E-state index contributed by atoms with van der Waals surface area (Å²) in [7, 11) is 0. The van der Waals surface area contributed by atoms with Gasteiger partial charge in [0.15, 0.2) is 0 Å². The maximum atomic E-state index is 11.7. The van der Waals surface area contributed by atoms with Crippen LogP contribution in [0.25, 0.3) is 0 Å². The summed E-state index contributed by atoms with van der Waals surface area (Å²) in [5.41, 5.74) is -1.42. The molecule has 1 atom stereocenters. The molecule has 0 spiro atoms. The summed E-state index contributed by atoms with van der Waals surface area (Å²) < 4.78 is 5.12. The van der Waals surface area contributed by atoms with Gasteiger partial charge >= 0.3 is 6.09 Å². The zero-order valence-corrected chi connectivity index (χ0v) is 11.6. The number of phenols is 1. The molecular weight excluding hydrogens is 246 g/mol. The predicted octanol–water partition coefficient (Wildman–Crippen LogP) is 2.33. The van der Waals surface area contributed by atoms with Gasteiger partial charge < -0.3 is 20.0 Å². The lowest BCUT2D eigenvalue weighted by Crippen LogP contribution is -2.46. The lowest BCUT2D eigenvalue weighted by Gasteiger charge is -2.27. The first kappa shape index (κ1) is 15.0. The number of rotatable bonds is 3. The Kier molecular flexibility index (Phi) is 4.19. The molecule has 5 heteroatoms. The lowest BCUT2D eigenvalue weighted by atomic mass is 9.94. The molecule has 0 heterocycles. The Morgan fingerprint density at radius 3 is 2.42 bits per heavy atom. The highest BCUT2D eigenvalue weighted by atomic mass is 16.6. The number of ether oxygens (including phenoxy) is 1. The Bertz CT molecular complexity index is 479. The van der Waals surface area contributed by atoms with E-state index in [1.807, 2.05) is 0 Å². The molecule has 0 aliphatic heterocycles. The van der Waals surface area contributed by atoms with E-state index in [0.717, 1.165) is 0 Å². The van der Waals surface area contributed by atoms with Crippen molar-refractivity contribution in [1.82, 2.24) is 5.32 Å². The van der Waals surface area contributed by atoms with Crippen LogP contribution in [-0.2, 0) is 15.1 Å². The first-order chi connectivity index (χ1) is 8.66. The SMILES string of the molecule is CC(C)(C)OC(=O)NC(C)(C=O)c1cccc(O)c1. The molecule has 0 aliphatic rings. The fourth-order valence-electron chi connectivity index (χ4n) is 1.51. The first-order valence-corrected chi connectivity index (χ1v) is 5.93. The largest absolute Gasteiger partial charge is 0.508 e. The smallest absolute Gasteiger partial charge is 0.408 e. The molecule has 0 radical (unpaired) electrons. The van der Waals surface area contributed by atoms with E-state index in [0.29, 0.717) is 11.8 Å². The quantitative estimate of drug-likeness (QED) is 0.822. The monoisotopic (exact) mass is 265 g/mol. The zero-order chi connectivity index (χ0) is 14.7. The van der Waals surface area contributed by atoms with Crippen LogP contribution in [-0.4, -0.2) is 23.1 Å². The van der Waals surface area contributed by atoms with Crippen LogP contribution in [0.15, 0.2) is 24.3 Å². The second kappa shape index (κ2) is 5.30. The fraction of sp³-hybridized carbons (Fsp3) is 0.429. The molecule has 5 nitrogen and oxygen atoms in total. The third-order valence-electron chi connectivity index (χ3n) is 2.44. The van der Waals surface area contributed by atoms with Crippen molar-refractivity contribution < 1.29 is 19.4 Å². The molecule has 0 saturated heterocycles. The molecule has 0 bridgehead atoms. The van der Waals surface area contributed by atoms with Crippen molar-refractivity contribution in [3.63, 3.8) is 0 Å². The van der Waals surface area contributed by atoms with E-state index in [1.54, 1.807) is 39.8 Å². The van der Waals surface area contributed by atoms with Crippen LogP contribution in [0.5, 0.6) is 5.75 Å². The molecular formula is C14H19NO4. The summed E-state index contributed by atoms with van der Waals surface area (Å²) in [5.74, 6) is 0.0246. The van der Waals surface area contributed by atoms with E-state index < -0.39 is 17.2 Å². The normalized spacial score (nSPS) is 14.3. The van der Waals surface area contributed by atoms with Gasteiger partial charge in [0.1, 0.15) is 23.2 Å². The summed E-state index contributed by atoms with van der Waals surface area (Å²) in [4.78, 5) is 23.0. The summed E-state index contributed by atoms with van der Waals surface area (Å²) in [6, 6.07) is 6.16. The van der Waals surface area contributed by atoms with Crippen molar-refractivity contribution >= 4 is 12.4 Å². The van der Waals surface area contributed by atoms with E-state index in [9.17, 15) is 14.7 Å². The van der Waals surface area contributed by atoms with Gasteiger partial charge in [-0.05, 0) is 45.4 Å². The van der Waals surface area contributed by atoms with E-state index in [-0.39, 0.29) is 5.75 Å². The number of alkyl carbamates (subject to hydrolysis) is 1. The summed E-state index contributed by atoms with van der Waals surface area (Å²) in [6.45, 7) is 6.75. The minimum atomic E-state index is -1.25. The van der Waals surface area contributed by atoms with Gasteiger partial charge in [-0.25, -0.2) is 4.79 Å². The maximum Gasteiger partial charge on any atom is 0.408 e. The average molecular weight is 265 g/mol. The number of aromatic hydroxyl groups is 1. The minimum absolute atomic E-state index is 0.0246. The second-order valence-electron chi connectivity index (χ2n) is 5.50. The van der Waals surface area contributed by atoms with Crippen molar-refractivity contribution in [1.29, 1.82) is 0 Å². The molecule has 19 heavy (non-hydrogen) atoms. The van der Waals surface area contributed by atoms with E-state index in [2.05, 4.69) is 5.32 Å². The van der Waals surface area contributed by atoms with Crippen molar-refractivity contribution in [2.24, 2.45) is 0 Å². The van der Waals surface area contributed by atoms with Crippen LogP contribution in [0.2, 0.25) is 0 Å². The molecule has 1 amide bonds. The van der Waals surface area contributed by atoms with E-state index >= 15 is 0 Å². The average Bonchev–Trinajstić information content (AvgIpc) is 2.26. The Balaban J connectivity index is 2.93. The summed E-state index contributed by atoms with van der Waals surface area (Å²) >= 11 is 0. The number of nitrogens with one attached hydrogen (secondary N) is 1. The molecule has 1 aromatic rings. The van der Waals surface area contributed by atoms with Crippen LogP contribution in [0.1, 0.15) is 33.3 Å². The maximum absolute atomic E-state index is 11.7. The number of hydrogen-bond acceptors (Lipinski definition) is 4. The molecule has 0 fully saturated rings. The van der Waals surface area contributed by atoms with Gasteiger partial charge in [-0.3, -0.25) is 0 Å². The van der Waals surface area contributed by atoms with Gasteiger partial charge in [-0.1, -0.05) is 12.1 Å². The standard InChI is InChI=1S/C14H19NO4/c1-13(2,3)19-12(18)15-14(4,9-16)10-6-5-7-11(17)8-10/h5-9,17H,1-4H3,(H,15,18). The lowest BCUT2D eigenvalue weighted by molar-refractivity contribution is -0.113. The predicted molar refractivity (Wildman–Crippen MR) is 70.9 cm³/mol. The van der Waals surface area contributed by atoms with Gasteiger partial charge in [0.25, 0.3) is 0 Å². The highest BCUT2D eigenvalue weighted by Crippen LogP contribution is 2.23. The Morgan fingerprint density at radius 1 is 1.32 bits per heavy atom. The molecule has 1 aromatic carbocycles. The van der Waals surface area contributed by atoms with Crippen LogP contribution >= 0.6 is 0 Å². The molecule has 1 unspecified atom stereocenters. The van der Waals surface area contributed by atoms with Crippen LogP contribution in [0, 0.1) is 0 Å². The van der Waals surface area contributed by atoms with Gasteiger partial charge in [0.05, 0.1) is 0 Å². The minimum Gasteiger partial charge on any atom is -0.508 e. The molecule has 1 rings (SSSR count). The van der Waals surface area contributed by atoms with Crippen molar-refractivity contribution in [2.75, 3.05) is 0 Å². The number of carbonyl (C=O) groups excluding carboxylic acids is 2. The van der Waals surface area contributed by atoms with Crippen LogP contribution in [0.3, 0.4) is 0 Å². The van der Waals surface area contributed by atoms with E-state index in [1.165, 1.54) is 12.1 Å². The van der Waals surface area contributed by atoms with Crippen molar-refractivity contribution in [3.05, 3.63) is 29.8 Å². The molecule has 2 N–H and O–H groups in total. The molecule has 0 aromatic heterocycles. The Hall–Kier alpha value is -2.04. The first-order valence-electron chi connectivity index (χ1n) is 5.93. The summed E-state index contributed by atoms with van der Waals surface area (Å²) in [5, 5.41) is 11.9. The highest BCUT2D eigenvalue weighted by Gasteiger charge is 2.30. The van der Waals surface area contributed by atoms with Gasteiger partial charge in [-0.2, -0.15) is 0 Å². The van der Waals surface area contributed by atoms with Crippen molar-refractivity contribution in [3.8, 4) is 5.75 Å². The number of hydrogen-bond donors (Lipinski definition) is 2. The Morgan fingerprint density at radius 2 is 1.95 bits per heavy atom. The number of phenolic OH excluding ortho intramolecular Hbond substituents is 1. The fourth-order valence-corrected chi connectivity index (χ4v) is 1.51. The van der Waals surface area contributed by atoms with Crippen molar-refractivity contribution in [2.45, 2.75) is 38.8 Å². The van der Waals surface area contributed by atoms with Crippen LogP contribution in [0.4, 0.5) is 4.79 Å². The van der Waals surface area contributed by atoms with Gasteiger partial charge in [0, 0.05) is 0 Å². The molecule has 0 aliphatic carbocycles. The summed E-state index contributed by atoms with van der Waals surface area (Å²) in [6.07, 6.45) is -0.0865. The number of carbonyl (C=O) groups is 2. The third-order valence-corrected chi connectivity index (χ3v) is 2.44. The zero-order valence-electron chi connectivity index (χ0n) is 11.6. The molecule has 104 valence electrons. The van der Waals surface area contributed by atoms with Crippen LogP contribution < -0.4 is 5.32 Å². The number of benzene rings is 1. The van der Waals surface area contributed by atoms with Gasteiger partial charge in [-0.15, -0.1) is 0 Å². The second-order valence-corrected chi connectivity index (χ2v) is 5.50. The number of aldehydes is 1. The highest BCUT2D eigenvalue weighted by molar-refractivity contribution is 5.78. The third kappa shape index (κ3) is 4.28. The number of amides is 1. The topological polar surface area (TPSA) is 75.6 Å². The Labute approximate surface area is 112 Å². The molecule has 0 saturated carbocycles. The van der Waals surface area contributed by atoms with E-state index in [4.69, 9.17) is 4.74 Å².